The Labute approximate surface area is 119 Å². The number of nitrogen functional groups attached to an aromatic ring is 1. The average molecular weight is 283 g/mol. The van der Waals surface area contributed by atoms with E-state index in [0.29, 0.717) is 24.9 Å². The Morgan fingerprint density at radius 2 is 1.80 bits per heavy atom. The van der Waals surface area contributed by atoms with E-state index in [-0.39, 0.29) is 11.4 Å². The lowest BCUT2D eigenvalue weighted by Crippen LogP contribution is -2.26. The molecule has 1 rings (SSSR count). The van der Waals surface area contributed by atoms with Crippen LogP contribution in [0.25, 0.3) is 0 Å². The van der Waals surface area contributed by atoms with E-state index in [1.54, 1.807) is 4.90 Å². The van der Waals surface area contributed by atoms with E-state index < -0.39 is 6.10 Å². The Morgan fingerprint density at radius 1 is 1.20 bits per heavy atom. The summed E-state index contributed by atoms with van der Waals surface area (Å²) in [7, 11) is 3.65. The van der Waals surface area contributed by atoms with Crippen LogP contribution in [0.4, 0.5) is 17.8 Å². The number of nitrogens with two attached hydrogens (primary N) is 1. The van der Waals surface area contributed by atoms with Crippen molar-refractivity contribution in [3.8, 4) is 0 Å². The van der Waals surface area contributed by atoms with Crippen molar-refractivity contribution in [1.29, 1.82) is 0 Å². The molecule has 8 heteroatoms. The molecule has 0 saturated heterocycles. The molecule has 8 nitrogen and oxygen atoms in total. The van der Waals surface area contributed by atoms with Crippen LogP contribution < -0.4 is 21.5 Å². The van der Waals surface area contributed by atoms with Gasteiger partial charge >= 0.3 is 0 Å². The lowest BCUT2D eigenvalue weighted by Gasteiger charge is -2.22. The van der Waals surface area contributed by atoms with Gasteiger partial charge in [-0.2, -0.15) is 15.0 Å². The molecular formula is C12H25N7O. The smallest absolute Gasteiger partial charge is 0.243 e. The number of nitrogens with zero attached hydrogens (tertiary/aromatic N) is 4. The Bertz CT molecular complexity index is 430. The summed E-state index contributed by atoms with van der Waals surface area (Å²) in [6.07, 6.45) is 0.219. The molecule has 1 unspecified atom stereocenters. The summed E-state index contributed by atoms with van der Waals surface area (Å²) < 4.78 is 0. The number of rotatable bonds is 6. The molecule has 0 aromatic carbocycles. The molecule has 5 N–H and O–H groups in total. The third-order valence-corrected chi connectivity index (χ3v) is 2.50. The van der Waals surface area contributed by atoms with Crippen molar-refractivity contribution >= 4 is 17.8 Å². The van der Waals surface area contributed by atoms with Gasteiger partial charge in [0.15, 0.2) is 0 Å². The molecule has 0 saturated carbocycles. The van der Waals surface area contributed by atoms with Crippen LogP contribution >= 0.6 is 0 Å². The van der Waals surface area contributed by atoms with Gasteiger partial charge in [-0.15, -0.1) is 0 Å². The fraction of sp³-hybridized carbons (Fsp3) is 0.750. The topological polar surface area (TPSA) is 112 Å². The van der Waals surface area contributed by atoms with Crippen LogP contribution in [0.2, 0.25) is 0 Å². The van der Waals surface area contributed by atoms with E-state index in [0.717, 1.165) is 0 Å². The molecule has 1 heterocycles. The number of aliphatic hydroxyl groups is 1. The van der Waals surface area contributed by atoms with Crippen molar-refractivity contribution in [2.75, 3.05) is 36.3 Å². The molecule has 1 atom stereocenters. The molecule has 1 aromatic heterocycles. The third-order valence-electron chi connectivity index (χ3n) is 2.50. The number of aliphatic hydroxyl groups excluding tert-OH is 1. The van der Waals surface area contributed by atoms with Crippen molar-refractivity contribution < 1.29 is 5.11 Å². The van der Waals surface area contributed by atoms with E-state index in [9.17, 15) is 5.11 Å². The number of hydrogen-bond acceptors (Lipinski definition) is 8. The molecule has 20 heavy (non-hydrogen) atoms. The van der Waals surface area contributed by atoms with Gasteiger partial charge in [0.1, 0.15) is 0 Å². The average Bonchev–Trinajstić information content (AvgIpc) is 2.33. The summed E-state index contributed by atoms with van der Waals surface area (Å²) in [5, 5.41) is 13.0. The lowest BCUT2D eigenvalue weighted by molar-refractivity contribution is 0.132. The van der Waals surface area contributed by atoms with Gasteiger partial charge in [-0.25, -0.2) is 5.84 Å². The number of hydrazine groups is 1. The van der Waals surface area contributed by atoms with Crippen LogP contribution in [-0.2, 0) is 0 Å². The van der Waals surface area contributed by atoms with Gasteiger partial charge in [0.25, 0.3) is 0 Å². The molecule has 0 bridgehead atoms. The van der Waals surface area contributed by atoms with E-state index in [4.69, 9.17) is 5.84 Å². The number of anilines is 3. The molecule has 0 fully saturated rings. The van der Waals surface area contributed by atoms with Gasteiger partial charge < -0.3 is 15.3 Å². The van der Waals surface area contributed by atoms with Gasteiger partial charge in [0.2, 0.25) is 17.8 Å². The van der Waals surface area contributed by atoms with Crippen LogP contribution in [0.1, 0.15) is 27.2 Å². The molecule has 0 radical (unpaired) electrons. The predicted molar refractivity (Wildman–Crippen MR) is 80.5 cm³/mol. The fourth-order valence-electron chi connectivity index (χ4n) is 1.70. The summed E-state index contributed by atoms with van der Waals surface area (Å²) in [6.45, 7) is 6.62. The molecule has 114 valence electrons. The zero-order valence-electron chi connectivity index (χ0n) is 12.8. The Balaban J connectivity index is 2.70. The predicted octanol–water partition coefficient (Wildman–Crippen LogP) is 0.432. The van der Waals surface area contributed by atoms with Gasteiger partial charge in [-0.3, -0.25) is 5.43 Å². The van der Waals surface area contributed by atoms with Crippen molar-refractivity contribution in [1.82, 2.24) is 15.0 Å². The highest BCUT2D eigenvalue weighted by Gasteiger charge is 2.17. The van der Waals surface area contributed by atoms with Crippen molar-refractivity contribution in [3.05, 3.63) is 0 Å². The monoisotopic (exact) mass is 283 g/mol. The van der Waals surface area contributed by atoms with Crippen molar-refractivity contribution in [2.45, 2.75) is 33.3 Å². The molecule has 0 amide bonds. The molecule has 0 aliphatic carbocycles. The summed E-state index contributed by atoms with van der Waals surface area (Å²) in [5.74, 6) is 6.47. The summed E-state index contributed by atoms with van der Waals surface area (Å²) in [6, 6.07) is 0. The second-order valence-corrected chi connectivity index (χ2v) is 6.12. The maximum absolute atomic E-state index is 9.97. The lowest BCUT2D eigenvalue weighted by atomic mass is 9.89. The normalized spacial score (nSPS) is 12.9. The van der Waals surface area contributed by atoms with Crippen LogP contribution in [0, 0.1) is 5.41 Å². The van der Waals surface area contributed by atoms with E-state index in [1.807, 2.05) is 14.1 Å². The van der Waals surface area contributed by atoms with Crippen molar-refractivity contribution in [2.24, 2.45) is 11.3 Å². The number of nitrogens with one attached hydrogen (secondary N) is 2. The number of aromatic nitrogens is 3. The summed E-state index contributed by atoms with van der Waals surface area (Å²) in [4.78, 5) is 14.2. The first-order chi connectivity index (χ1) is 9.21. The highest BCUT2D eigenvalue weighted by atomic mass is 16.3. The van der Waals surface area contributed by atoms with E-state index in [1.165, 1.54) is 0 Å². The number of hydrogen-bond donors (Lipinski definition) is 4. The summed E-state index contributed by atoms with van der Waals surface area (Å²) >= 11 is 0. The van der Waals surface area contributed by atoms with Gasteiger partial charge in [-0.05, 0) is 11.8 Å². The van der Waals surface area contributed by atoms with Crippen molar-refractivity contribution in [3.63, 3.8) is 0 Å². The minimum absolute atomic E-state index is 0.0684. The SMILES string of the molecule is CN(C)c1nc(NN)nc(NCC(O)CC(C)(C)C)n1. The standard InChI is InChI=1S/C12H25N7O/c1-12(2,3)6-8(20)7-14-9-15-10(18-13)17-11(16-9)19(4)5/h8,20H,6-7,13H2,1-5H3,(H2,14,15,16,17,18). The zero-order valence-corrected chi connectivity index (χ0v) is 12.8. The molecule has 0 aliphatic rings. The first-order valence-corrected chi connectivity index (χ1v) is 6.53. The quantitative estimate of drug-likeness (QED) is 0.439. The van der Waals surface area contributed by atoms with Gasteiger partial charge in [0.05, 0.1) is 6.10 Å². The minimum atomic E-state index is -0.469. The Morgan fingerprint density at radius 3 is 2.30 bits per heavy atom. The minimum Gasteiger partial charge on any atom is -0.391 e. The molecule has 0 spiro atoms. The Kier molecular flexibility index (Phi) is 5.46. The fourth-order valence-corrected chi connectivity index (χ4v) is 1.70. The van der Waals surface area contributed by atoms with Crippen LogP contribution in [0.5, 0.6) is 0 Å². The van der Waals surface area contributed by atoms with Gasteiger partial charge in [-0.1, -0.05) is 20.8 Å². The highest BCUT2D eigenvalue weighted by molar-refractivity contribution is 5.42. The molecule has 0 aliphatic heterocycles. The van der Waals surface area contributed by atoms with E-state index >= 15 is 0 Å². The maximum Gasteiger partial charge on any atom is 0.243 e. The van der Waals surface area contributed by atoms with Crippen LogP contribution in [0.3, 0.4) is 0 Å². The second kappa shape index (κ2) is 6.67. The molecular weight excluding hydrogens is 258 g/mol. The third kappa shape index (κ3) is 5.54. The van der Waals surface area contributed by atoms with E-state index in [2.05, 4.69) is 46.5 Å². The first kappa shape index (κ1) is 16.4. The molecule has 1 aromatic rings. The Hall–Kier alpha value is -1.67. The maximum atomic E-state index is 9.97. The second-order valence-electron chi connectivity index (χ2n) is 6.12. The van der Waals surface area contributed by atoms with Gasteiger partial charge in [0, 0.05) is 20.6 Å². The van der Waals surface area contributed by atoms with Crippen LogP contribution in [0.15, 0.2) is 0 Å². The van der Waals surface area contributed by atoms with Crippen LogP contribution in [-0.4, -0.2) is 46.8 Å². The summed E-state index contributed by atoms with van der Waals surface area (Å²) in [5.41, 5.74) is 2.47. The largest absolute Gasteiger partial charge is 0.391 e. The zero-order chi connectivity index (χ0) is 15.3. The highest BCUT2D eigenvalue weighted by Crippen LogP contribution is 2.20. The first-order valence-electron chi connectivity index (χ1n) is 6.53.